The molecule has 0 saturated heterocycles. The molecule has 1 aromatic heterocycles. The van der Waals surface area contributed by atoms with Crippen LogP contribution in [-0.4, -0.2) is 56.3 Å². The van der Waals surface area contributed by atoms with E-state index in [9.17, 15) is 4.79 Å². The molecular formula is C16H29IN4O3. The fourth-order valence-corrected chi connectivity index (χ4v) is 1.75. The van der Waals surface area contributed by atoms with Crippen LogP contribution in [0.4, 0.5) is 4.79 Å². The molecule has 0 saturated carbocycles. The van der Waals surface area contributed by atoms with Crippen LogP contribution in [-0.2, 0) is 11.2 Å². The third kappa shape index (κ3) is 9.64. The molecule has 0 atom stereocenters. The highest BCUT2D eigenvalue weighted by Crippen LogP contribution is 2.08. The van der Waals surface area contributed by atoms with Gasteiger partial charge in [-0.2, -0.15) is 0 Å². The van der Waals surface area contributed by atoms with Crippen LogP contribution in [0, 0.1) is 0 Å². The van der Waals surface area contributed by atoms with Gasteiger partial charge in [0.1, 0.15) is 11.4 Å². The number of hydrogen-bond donors (Lipinski definition) is 2. The Morgan fingerprint density at radius 3 is 2.54 bits per heavy atom. The second-order valence-corrected chi connectivity index (χ2v) is 6.16. The zero-order valence-corrected chi connectivity index (χ0v) is 17.4. The Balaban J connectivity index is 0.00000529. The van der Waals surface area contributed by atoms with Crippen molar-refractivity contribution in [3.63, 3.8) is 0 Å². The van der Waals surface area contributed by atoms with Crippen LogP contribution >= 0.6 is 24.0 Å². The standard InChI is InChI=1S/C16H28N4O3.HI/c1-16(2,3)23-15(21)20(5)11-10-19-14(17-4)18-9-8-13-7-6-12-22-13;/h6-7,12H,8-11H2,1-5H3,(H2,17,18,19);1H. The Labute approximate surface area is 161 Å². The molecule has 138 valence electrons. The van der Waals surface area contributed by atoms with Crippen LogP contribution in [0.3, 0.4) is 0 Å². The number of guanidine groups is 1. The van der Waals surface area contributed by atoms with E-state index in [1.165, 1.54) is 4.90 Å². The van der Waals surface area contributed by atoms with Crippen molar-refractivity contribution in [2.24, 2.45) is 4.99 Å². The summed E-state index contributed by atoms with van der Waals surface area (Å²) in [5.41, 5.74) is -0.484. The molecule has 1 amide bonds. The Bertz CT molecular complexity index is 498. The summed E-state index contributed by atoms with van der Waals surface area (Å²) >= 11 is 0. The third-order valence-corrected chi connectivity index (χ3v) is 2.91. The van der Waals surface area contributed by atoms with Crippen molar-refractivity contribution in [1.82, 2.24) is 15.5 Å². The van der Waals surface area contributed by atoms with E-state index in [2.05, 4.69) is 15.6 Å². The Morgan fingerprint density at radius 2 is 2.00 bits per heavy atom. The SMILES string of the molecule is CN=C(NCCc1ccco1)NCCN(C)C(=O)OC(C)(C)C.I. The number of rotatable bonds is 6. The minimum Gasteiger partial charge on any atom is -0.469 e. The number of ether oxygens (including phenoxy) is 1. The van der Waals surface area contributed by atoms with Crippen molar-refractivity contribution < 1.29 is 13.9 Å². The van der Waals surface area contributed by atoms with Crippen molar-refractivity contribution in [2.75, 3.05) is 33.7 Å². The van der Waals surface area contributed by atoms with Crippen LogP contribution in [0.5, 0.6) is 0 Å². The summed E-state index contributed by atoms with van der Waals surface area (Å²) in [7, 11) is 3.42. The van der Waals surface area contributed by atoms with Gasteiger partial charge in [-0.1, -0.05) is 0 Å². The van der Waals surface area contributed by atoms with E-state index in [1.807, 2.05) is 32.9 Å². The molecular weight excluding hydrogens is 423 g/mol. The first-order chi connectivity index (χ1) is 10.8. The number of carbonyl (C=O) groups excluding carboxylic acids is 1. The molecule has 0 aromatic carbocycles. The number of hydrogen-bond acceptors (Lipinski definition) is 4. The van der Waals surface area contributed by atoms with Gasteiger partial charge in [0.2, 0.25) is 0 Å². The summed E-state index contributed by atoms with van der Waals surface area (Å²) in [4.78, 5) is 17.5. The molecule has 2 N–H and O–H groups in total. The summed E-state index contributed by atoms with van der Waals surface area (Å²) in [5, 5.41) is 6.35. The van der Waals surface area contributed by atoms with Gasteiger partial charge in [-0.3, -0.25) is 4.99 Å². The van der Waals surface area contributed by atoms with Crippen molar-refractivity contribution >= 4 is 36.0 Å². The predicted molar refractivity (Wildman–Crippen MR) is 106 cm³/mol. The van der Waals surface area contributed by atoms with Gasteiger partial charge in [0.05, 0.1) is 6.26 Å². The first-order valence-electron chi connectivity index (χ1n) is 7.73. The quantitative estimate of drug-likeness (QED) is 0.394. The highest BCUT2D eigenvalue weighted by Gasteiger charge is 2.19. The topological polar surface area (TPSA) is 79.1 Å². The third-order valence-electron chi connectivity index (χ3n) is 2.91. The van der Waals surface area contributed by atoms with Crippen molar-refractivity contribution in [3.05, 3.63) is 24.2 Å². The molecule has 7 nitrogen and oxygen atoms in total. The molecule has 0 aliphatic carbocycles. The number of aliphatic imine (C=N–C) groups is 1. The number of carbonyl (C=O) groups is 1. The van der Waals surface area contributed by atoms with Crippen LogP contribution in [0.2, 0.25) is 0 Å². The molecule has 0 unspecified atom stereocenters. The van der Waals surface area contributed by atoms with E-state index in [0.717, 1.165) is 18.7 Å². The summed E-state index contributed by atoms with van der Waals surface area (Å²) in [6.45, 7) is 7.37. The average molecular weight is 452 g/mol. The lowest BCUT2D eigenvalue weighted by atomic mass is 10.2. The first kappa shape index (κ1) is 22.6. The van der Waals surface area contributed by atoms with Gasteiger partial charge in [0, 0.05) is 40.2 Å². The Hall–Kier alpha value is -1.45. The van der Waals surface area contributed by atoms with E-state index >= 15 is 0 Å². The van der Waals surface area contributed by atoms with Gasteiger partial charge >= 0.3 is 6.09 Å². The molecule has 1 heterocycles. The molecule has 0 radical (unpaired) electrons. The molecule has 0 bridgehead atoms. The summed E-state index contributed by atoms with van der Waals surface area (Å²) in [6, 6.07) is 3.81. The van der Waals surface area contributed by atoms with Gasteiger partial charge in [-0.05, 0) is 32.9 Å². The first-order valence-corrected chi connectivity index (χ1v) is 7.73. The highest BCUT2D eigenvalue weighted by molar-refractivity contribution is 14.0. The van der Waals surface area contributed by atoms with E-state index in [0.29, 0.717) is 19.0 Å². The number of furan rings is 1. The van der Waals surface area contributed by atoms with E-state index in [4.69, 9.17) is 9.15 Å². The van der Waals surface area contributed by atoms with Crippen molar-refractivity contribution in [1.29, 1.82) is 0 Å². The van der Waals surface area contributed by atoms with Gasteiger partial charge in [0.25, 0.3) is 0 Å². The van der Waals surface area contributed by atoms with Crippen molar-refractivity contribution in [3.8, 4) is 0 Å². The van der Waals surface area contributed by atoms with E-state index < -0.39 is 5.60 Å². The molecule has 8 heteroatoms. The molecule has 1 aromatic rings. The molecule has 0 aliphatic rings. The number of nitrogens with zero attached hydrogens (tertiary/aromatic N) is 2. The van der Waals surface area contributed by atoms with Crippen LogP contribution in [0.25, 0.3) is 0 Å². The second kappa shape index (κ2) is 11.2. The highest BCUT2D eigenvalue weighted by atomic mass is 127. The second-order valence-electron chi connectivity index (χ2n) is 6.16. The van der Waals surface area contributed by atoms with Gasteiger partial charge in [-0.25, -0.2) is 4.79 Å². The van der Waals surface area contributed by atoms with Gasteiger partial charge in [-0.15, -0.1) is 24.0 Å². The van der Waals surface area contributed by atoms with Crippen LogP contribution in [0.1, 0.15) is 26.5 Å². The minimum absolute atomic E-state index is 0. The number of amides is 1. The number of nitrogens with one attached hydrogen (secondary N) is 2. The van der Waals surface area contributed by atoms with E-state index in [1.54, 1.807) is 20.4 Å². The molecule has 1 rings (SSSR count). The number of likely N-dealkylation sites (N-methyl/N-ethyl adjacent to an activating group) is 1. The lowest BCUT2D eigenvalue weighted by Crippen LogP contribution is -2.43. The maximum atomic E-state index is 11.8. The lowest BCUT2D eigenvalue weighted by molar-refractivity contribution is 0.0302. The fourth-order valence-electron chi connectivity index (χ4n) is 1.75. The molecule has 0 aliphatic heterocycles. The summed E-state index contributed by atoms with van der Waals surface area (Å²) < 4.78 is 10.6. The van der Waals surface area contributed by atoms with E-state index in [-0.39, 0.29) is 30.1 Å². The number of halogens is 1. The van der Waals surface area contributed by atoms with Gasteiger partial charge < -0.3 is 24.7 Å². The van der Waals surface area contributed by atoms with Crippen LogP contribution < -0.4 is 10.6 Å². The normalized spacial score (nSPS) is 11.5. The van der Waals surface area contributed by atoms with Crippen molar-refractivity contribution in [2.45, 2.75) is 32.8 Å². The predicted octanol–water partition coefficient (Wildman–Crippen LogP) is 2.47. The summed E-state index contributed by atoms with van der Waals surface area (Å²) in [6.07, 6.45) is 2.11. The Kier molecular flexibility index (Phi) is 10.5. The van der Waals surface area contributed by atoms with Crippen LogP contribution in [0.15, 0.2) is 27.8 Å². The average Bonchev–Trinajstić information content (AvgIpc) is 2.96. The minimum atomic E-state index is -0.484. The lowest BCUT2D eigenvalue weighted by Gasteiger charge is -2.24. The molecule has 24 heavy (non-hydrogen) atoms. The monoisotopic (exact) mass is 452 g/mol. The smallest absolute Gasteiger partial charge is 0.410 e. The largest absolute Gasteiger partial charge is 0.469 e. The zero-order valence-electron chi connectivity index (χ0n) is 15.1. The summed E-state index contributed by atoms with van der Waals surface area (Å²) in [5.74, 6) is 1.62. The Morgan fingerprint density at radius 1 is 1.33 bits per heavy atom. The zero-order chi connectivity index (χ0) is 17.3. The maximum Gasteiger partial charge on any atom is 0.410 e. The molecule has 0 spiro atoms. The van der Waals surface area contributed by atoms with Gasteiger partial charge in [0.15, 0.2) is 5.96 Å². The molecule has 0 fully saturated rings. The fraction of sp³-hybridized carbons (Fsp3) is 0.625. The maximum absolute atomic E-state index is 11.8.